The number of aliphatic carboxylic acids is 1. The lowest BCUT2D eigenvalue weighted by atomic mass is 9.74. The minimum absolute atomic E-state index is 0.0127. The smallest absolute Gasteiger partial charge is 0.305 e. The second-order valence-electron chi connectivity index (χ2n) is 5.94. The van der Waals surface area contributed by atoms with Gasteiger partial charge in [-0.1, -0.05) is 20.8 Å². The Morgan fingerprint density at radius 3 is 2.63 bits per heavy atom. The van der Waals surface area contributed by atoms with Crippen molar-refractivity contribution in [2.24, 2.45) is 11.3 Å². The summed E-state index contributed by atoms with van der Waals surface area (Å²) in [4.78, 5) is 23.1. The molecule has 2 unspecified atom stereocenters. The van der Waals surface area contributed by atoms with Crippen LogP contribution in [0.5, 0.6) is 0 Å². The molecule has 1 amide bonds. The van der Waals surface area contributed by atoms with Gasteiger partial charge in [-0.3, -0.25) is 9.59 Å². The summed E-state index contributed by atoms with van der Waals surface area (Å²) in [5.74, 6) is -0.595. The van der Waals surface area contributed by atoms with Crippen LogP contribution in [-0.2, 0) is 9.59 Å². The van der Waals surface area contributed by atoms with E-state index in [0.29, 0.717) is 12.3 Å². The molecule has 1 aliphatic heterocycles. The topological polar surface area (TPSA) is 78.4 Å². The van der Waals surface area contributed by atoms with Gasteiger partial charge in [0.2, 0.25) is 5.91 Å². The molecule has 1 fully saturated rings. The van der Waals surface area contributed by atoms with Gasteiger partial charge in [-0.2, -0.15) is 0 Å². The van der Waals surface area contributed by atoms with E-state index in [0.717, 1.165) is 25.9 Å². The molecule has 1 rings (SSSR count). The fraction of sp³-hybridized carbons (Fsp3) is 0.857. The number of hydrogen-bond acceptors (Lipinski definition) is 3. The Hall–Kier alpha value is -1.10. The molecule has 0 aromatic heterocycles. The van der Waals surface area contributed by atoms with E-state index in [4.69, 9.17) is 5.11 Å². The van der Waals surface area contributed by atoms with Gasteiger partial charge >= 0.3 is 5.97 Å². The van der Waals surface area contributed by atoms with Gasteiger partial charge in [0.25, 0.3) is 0 Å². The summed E-state index contributed by atoms with van der Waals surface area (Å²) >= 11 is 0. The van der Waals surface area contributed by atoms with Crippen molar-refractivity contribution >= 4 is 11.9 Å². The minimum Gasteiger partial charge on any atom is -0.481 e. The fourth-order valence-corrected chi connectivity index (χ4v) is 2.53. The van der Waals surface area contributed by atoms with Crippen LogP contribution in [0.2, 0.25) is 0 Å². The molecule has 5 nitrogen and oxygen atoms in total. The molecular weight excluding hydrogens is 244 g/mol. The van der Waals surface area contributed by atoms with Gasteiger partial charge < -0.3 is 15.7 Å². The van der Waals surface area contributed by atoms with Crippen molar-refractivity contribution in [1.82, 2.24) is 10.6 Å². The van der Waals surface area contributed by atoms with Crippen molar-refractivity contribution in [1.29, 1.82) is 0 Å². The highest BCUT2D eigenvalue weighted by Crippen LogP contribution is 2.32. The second kappa shape index (κ2) is 6.89. The van der Waals surface area contributed by atoms with Gasteiger partial charge in [-0.05, 0) is 38.3 Å². The maximum atomic E-state index is 12.4. The molecule has 0 spiro atoms. The Morgan fingerprint density at radius 2 is 2.16 bits per heavy atom. The molecule has 0 bridgehead atoms. The third-order valence-electron chi connectivity index (χ3n) is 4.15. The molecule has 1 saturated heterocycles. The van der Waals surface area contributed by atoms with Crippen molar-refractivity contribution in [2.75, 3.05) is 13.1 Å². The number of carboxylic acids is 1. The van der Waals surface area contributed by atoms with E-state index in [-0.39, 0.29) is 18.4 Å². The average molecular weight is 270 g/mol. The summed E-state index contributed by atoms with van der Waals surface area (Å²) in [5, 5.41) is 15.0. The summed E-state index contributed by atoms with van der Waals surface area (Å²) in [6, 6.07) is -0.277. The summed E-state index contributed by atoms with van der Waals surface area (Å²) in [5.41, 5.74) is -0.459. The molecule has 0 aromatic carbocycles. The van der Waals surface area contributed by atoms with Gasteiger partial charge in [-0.25, -0.2) is 0 Å². The molecular formula is C14H26N2O3. The predicted molar refractivity (Wildman–Crippen MR) is 73.8 cm³/mol. The summed E-state index contributed by atoms with van der Waals surface area (Å²) < 4.78 is 0. The van der Waals surface area contributed by atoms with Crippen LogP contribution in [0.15, 0.2) is 0 Å². The highest BCUT2D eigenvalue weighted by molar-refractivity contribution is 5.83. The van der Waals surface area contributed by atoms with E-state index < -0.39 is 11.4 Å². The zero-order valence-corrected chi connectivity index (χ0v) is 12.2. The van der Waals surface area contributed by atoms with Crippen LogP contribution in [-0.4, -0.2) is 36.1 Å². The first-order valence-corrected chi connectivity index (χ1v) is 7.11. The van der Waals surface area contributed by atoms with E-state index in [1.165, 1.54) is 0 Å². The Morgan fingerprint density at radius 1 is 1.47 bits per heavy atom. The Kier molecular flexibility index (Phi) is 5.79. The monoisotopic (exact) mass is 270 g/mol. The van der Waals surface area contributed by atoms with Crippen LogP contribution < -0.4 is 10.6 Å². The fourth-order valence-electron chi connectivity index (χ4n) is 2.53. The van der Waals surface area contributed by atoms with Crippen LogP contribution in [0, 0.1) is 11.3 Å². The van der Waals surface area contributed by atoms with Crippen molar-refractivity contribution < 1.29 is 14.7 Å². The molecule has 0 radical (unpaired) electrons. The number of rotatable bonds is 6. The highest BCUT2D eigenvalue weighted by atomic mass is 16.4. The zero-order chi connectivity index (χ0) is 14.5. The molecule has 2 atom stereocenters. The van der Waals surface area contributed by atoms with Crippen LogP contribution in [0.25, 0.3) is 0 Å². The van der Waals surface area contributed by atoms with Gasteiger partial charge in [-0.15, -0.1) is 0 Å². The number of hydrogen-bond donors (Lipinski definition) is 3. The molecule has 0 aromatic rings. The Bertz CT molecular complexity index is 323. The van der Waals surface area contributed by atoms with Crippen LogP contribution >= 0.6 is 0 Å². The number of carbonyl (C=O) groups is 2. The standard InChI is InChI=1S/C14H26N2O3/c1-4-11(8-12(17)18)16-13(19)14(2,3)10-6-5-7-15-9-10/h10-11,15H,4-9H2,1-3H3,(H,16,19)(H,17,18). The number of carboxylic acid groups (broad SMARTS) is 1. The van der Waals surface area contributed by atoms with Crippen LogP contribution in [0.4, 0.5) is 0 Å². The van der Waals surface area contributed by atoms with Crippen LogP contribution in [0.1, 0.15) is 46.5 Å². The third kappa shape index (κ3) is 4.49. The third-order valence-corrected chi connectivity index (χ3v) is 4.15. The summed E-state index contributed by atoms with van der Waals surface area (Å²) in [6.45, 7) is 7.67. The van der Waals surface area contributed by atoms with Gasteiger partial charge in [0.05, 0.1) is 6.42 Å². The Labute approximate surface area is 115 Å². The quantitative estimate of drug-likeness (QED) is 0.681. The van der Waals surface area contributed by atoms with Gasteiger partial charge in [0.1, 0.15) is 0 Å². The predicted octanol–water partition coefficient (Wildman–Crippen LogP) is 1.38. The molecule has 0 aliphatic carbocycles. The van der Waals surface area contributed by atoms with Crippen molar-refractivity contribution in [2.45, 2.75) is 52.5 Å². The lowest BCUT2D eigenvalue weighted by molar-refractivity contribution is -0.138. The largest absolute Gasteiger partial charge is 0.481 e. The number of piperidine rings is 1. The molecule has 1 heterocycles. The number of nitrogens with one attached hydrogen (secondary N) is 2. The minimum atomic E-state index is -0.871. The SMILES string of the molecule is CCC(CC(=O)O)NC(=O)C(C)(C)C1CCCNC1. The maximum Gasteiger partial charge on any atom is 0.305 e. The van der Waals surface area contributed by atoms with E-state index in [2.05, 4.69) is 10.6 Å². The highest BCUT2D eigenvalue weighted by Gasteiger charge is 2.37. The van der Waals surface area contributed by atoms with Crippen LogP contribution in [0.3, 0.4) is 0 Å². The van der Waals surface area contributed by atoms with Crippen molar-refractivity contribution in [3.63, 3.8) is 0 Å². The van der Waals surface area contributed by atoms with Crippen molar-refractivity contribution in [3.8, 4) is 0 Å². The zero-order valence-electron chi connectivity index (χ0n) is 12.2. The maximum absolute atomic E-state index is 12.4. The van der Waals surface area contributed by atoms with E-state index >= 15 is 0 Å². The van der Waals surface area contributed by atoms with Gasteiger partial charge in [0.15, 0.2) is 0 Å². The molecule has 19 heavy (non-hydrogen) atoms. The average Bonchev–Trinajstić information content (AvgIpc) is 2.38. The lowest BCUT2D eigenvalue weighted by Gasteiger charge is -2.37. The van der Waals surface area contributed by atoms with Gasteiger partial charge in [0, 0.05) is 11.5 Å². The first kappa shape index (κ1) is 16.0. The summed E-state index contributed by atoms with van der Waals surface area (Å²) in [7, 11) is 0. The van der Waals surface area contributed by atoms with E-state index in [1.54, 1.807) is 0 Å². The molecule has 5 heteroatoms. The first-order chi connectivity index (χ1) is 8.87. The molecule has 1 aliphatic rings. The molecule has 3 N–H and O–H groups in total. The van der Waals surface area contributed by atoms with E-state index in [9.17, 15) is 9.59 Å². The Balaban J connectivity index is 2.60. The number of carbonyl (C=O) groups excluding carboxylic acids is 1. The molecule has 0 saturated carbocycles. The number of amides is 1. The summed E-state index contributed by atoms with van der Waals surface area (Å²) in [6.07, 6.45) is 2.76. The first-order valence-electron chi connectivity index (χ1n) is 7.11. The van der Waals surface area contributed by atoms with Crippen molar-refractivity contribution in [3.05, 3.63) is 0 Å². The second-order valence-corrected chi connectivity index (χ2v) is 5.94. The normalized spacial score (nSPS) is 21.7. The molecule has 110 valence electrons. The lowest BCUT2D eigenvalue weighted by Crippen LogP contribution is -2.50. The van der Waals surface area contributed by atoms with E-state index in [1.807, 2.05) is 20.8 Å².